The molecule has 5 heteroatoms. The molecule has 106 valence electrons. The van der Waals surface area contributed by atoms with E-state index in [4.69, 9.17) is 27.9 Å². The fourth-order valence-corrected chi connectivity index (χ4v) is 2.74. The fraction of sp³-hybridized carbons (Fsp3) is 0.571. The van der Waals surface area contributed by atoms with Gasteiger partial charge < -0.3 is 15.2 Å². The first-order valence-electron chi connectivity index (χ1n) is 6.47. The predicted molar refractivity (Wildman–Crippen MR) is 77.9 cm³/mol. The molecule has 1 aliphatic heterocycles. The van der Waals surface area contributed by atoms with E-state index in [-0.39, 0.29) is 18.2 Å². The van der Waals surface area contributed by atoms with Crippen molar-refractivity contribution >= 4 is 23.2 Å². The van der Waals surface area contributed by atoms with Gasteiger partial charge >= 0.3 is 0 Å². The van der Waals surface area contributed by atoms with E-state index in [0.29, 0.717) is 23.3 Å². The number of aliphatic hydroxyl groups is 1. The summed E-state index contributed by atoms with van der Waals surface area (Å²) in [4.78, 5) is 0. The van der Waals surface area contributed by atoms with Gasteiger partial charge in [0.25, 0.3) is 0 Å². The summed E-state index contributed by atoms with van der Waals surface area (Å²) in [5, 5.41) is 14.3. The van der Waals surface area contributed by atoms with Crippen molar-refractivity contribution in [1.82, 2.24) is 5.32 Å². The molecule has 0 radical (unpaired) electrons. The predicted octanol–water partition coefficient (Wildman–Crippen LogP) is 3.19. The molecule has 1 atom stereocenters. The fourth-order valence-electron chi connectivity index (χ4n) is 2.43. The molecule has 0 amide bonds. The van der Waals surface area contributed by atoms with Gasteiger partial charge in [-0.3, -0.25) is 0 Å². The number of ether oxygens (including phenoxy) is 1. The molecule has 0 aromatic heterocycles. The van der Waals surface area contributed by atoms with Crippen LogP contribution in [0.25, 0.3) is 0 Å². The molecule has 1 heterocycles. The molecule has 19 heavy (non-hydrogen) atoms. The van der Waals surface area contributed by atoms with Gasteiger partial charge in [0.05, 0.1) is 16.7 Å². The van der Waals surface area contributed by atoms with Gasteiger partial charge in [-0.1, -0.05) is 29.3 Å². The molecule has 2 N–H and O–H groups in total. The highest BCUT2D eigenvalue weighted by atomic mass is 35.5. The van der Waals surface area contributed by atoms with Gasteiger partial charge in [-0.15, -0.1) is 0 Å². The van der Waals surface area contributed by atoms with Crippen molar-refractivity contribution in [2.45, 2.75) is 31.3 Å². The lowest BCUT2D eigenvalue weighted by molar-refractivity contribution is 0.00738. The second kappa shape index (κ2) is 6.42. The van der Waals surface area contributed by atoms with Crippen molar-refractivity contribution in [3.8, 4) is 0 Å². The minimum absolute atomic E-state index is 0.0972. The van der Waals surface area contributed by atoms with Crippen LogP contribution in [0.5, 0.6) is 0 Å². The number of benzene rings is 1. The van der Waals surface area contributed by atoms with Gasteiger partial charge in [0, 0.05) is 24.8 Å². The molecule has 2 rings (SSSR count). The Morgan fingerprint density at radius 3 is 2.58 bits per heavy atom. The molecule has 0 saturated carbocycles. The standard InChI is InChI=1S/C14H19Cl2NO2/c1-10(11-2-3-12(15)13(16)8-11)17-14(9-18)4-6-19-7-5-14/h2-3,8,10,17-18H,4-7,9H2,1H3. The van der Waals surface area contributed by atoms with E-state index in [1.54, 1.807) is 6.07 Å². The molecule has 1 aromatic rings. The quantitative estimate of drug-likeness (QED) is 0.897. The smallest absolute Gasteiger partial charge is 0.0615 e. The highest BCUT2D eigenvalue weighted by Gasteiger charge is 2.33. The third-order valence-electron chi connectivity index (χ3n) is 3.72. The maximum Gasteiger partial charge on any atom is 0.0615 e. The highest BCUT2D eigenvalue weighted by Crippen LogP contribution is 2.28. The van der Waals surface area contributed by atoms with Crippen molar-refractivity contribution in [2.75, 3.05) is 19.8 Å². The van der Waals surface area contributed by atoms with Crippen LogP contribution >= 0.6 is 23.2 Å². The molecular weight excluding hydrogens is 285 g/mol. The lowest BCUT2D eigenvalue weighted by Gasteiger charge is -2.39. The van der Waals surface area contributed by atoms with Gasteiger partial charge in [0.1, 0.15) is 0 Å². The summed E-state index contributed by atoms with van der Waals surface area (Å²) in [6.45, 7) is 3.54. The topological polar surface area (TPSA) is 41.5 Å². The third-order valence-corrected chi connectivity index (χ3v) is 4.46. The molecule has 0 spiro atoms. The van der Waals surface area contributed by atoms with Crippen LogP contribution in [0.2, 0.25) is 10.0 Å². The Kier molecular flexibility index (Phi) is 5.09. The van der Waals surface area contributed by atoms with Crippen LogP contribution in [0.3, 0.4) is 0 Å². The van der Waals surface area contributed by atoms with Crippen LogP contribution in [0.15, 0.2) is 18.2 Å². The van der Waals surface area contributed by atoms with E-state index in [9.17, 15) is 5.11 Å². The summed E-state index contributed by atoms with van der Waals surface area (Å²) in [6.07, 6.45) is 1.63. The zero-order valence-electron chi connectivity index (χ0n) is 11.0. The molecule has 1 aromatic carbocycles. The Morgan fingerprint density at radius 1 is 1.32 bits per heavy atom. The number of rotatable bonds is 4. The van der Waals surface area contributed by atoms with Crippen LogP contribution in [0, 0.1) is 0 Å². The molecule has 1 aliphatic rings. The van der Waals surface area contributed by atoms with Crippen LogP contribution < -0.4 is 5.32 Å². The minimum Gasteiger partial charge on any atom is -0.394 e. The van der Waals surface area contributed by atoms with E-state index < -0.39 is 0 Å². The maximum atomic E-state index is 9.67. The molecule has 1 saturated heterocycles. The number of hydrogen-bond acceptors (Lipinski definition) is 3. The van der Waals surface area contributed by atoms with E-state index in [2.05, 4.69) is 12.2 Å². The van der Waals surface area contributed by atoms with Crippen LogP contribution in [-0.2, 0) is 4.74 Å². The van der Waals surface area contributed by atoms with E-state index in [1.807, 2.05) is 12.1 Å². The van der Waals surface area contributed by atoms with E-state index in [0.717, 1.165) is 18.4 Å². The number of hydrogen-bond donors (Lipinski definition) is 2. The van der Waals surface area contributed by atoms with Gasteiger partial charge in [0.2, 0.25) is 0 Å². The molecular formula is C14H19Cl2NO2. The van der Waals surface area contributed by atoms with Crippen molar-refractivity contribution in [1.29, 1.82) is 0 Å². The van der Waals surface area contributed by atoms with Crippen molar-refractivity contribution in [3.05, 3.63) is 33.8 Å². The summed E-state index contributed by atoms with van der Waals surface area (Å²) in [6, 6.07) is 5.72. The second-order valence-electron chi connectivity index (χ2n) is 5.09. The largest absolute Gasteiger partial charge is 0.394 e. The second-order valence-corrected chi connectivity index (χ2v) is 5.90. The van der Waals surface area contributed by atoms with Gasteiger partial charge in [0.15, 0.2) is 0 Å². The van der Waals surface area contributed by atoms with Crippen molar-refractivity contribution < 1.29 is 9.84 Å². The average Bonchev–Trinajstić information content (AvgIpc) is 2.43. The summed E-state index contributed by atoms with van der Waals surface area (Å²) in [5.41, 5.74) is 0.803. The van der Waals surface area contributed by atoms with Gasteiger partial charge in [-0.2, -0.15) is 0 Å². The minimum atomic E-state index is -0.260. The summed E-state index contributed by atoms with van der Waals surface area (Å²) in [7, 11) is 0. The zero-order chi connectivity index (χ0) is 13.9. The van der Waals surface area contributed by atoms with Crippen molar-refractivity contribution in [2.24, 2.45) is 0 Å². The molecule has 0 aliphatic carbocycles. The van der Waals surface area contributed by atoms with Crippen molar-refractivity contribution in [3.63, 3.8) is 0 Å². The first kappa shape index (κ1) is 15.1. The zero-order valence-corrected chi connectivity index (χ0v) is 12.5. The molecule has 1 fully saturated rings. The number of halogens is 2. The highest BCUT2D eigenvalue weighted by molar-refractivity contribution is 6.42. The Morgan fingerprint density at radius 2 is 2.00 bits per heavy atom. The number of nitrogens with one attached hydrogen (secondary N) is 1. The molecule has 0 bridgehead atoms. The lowest BCUT2D eigenvalue weighted by Crippen LogP contribution is -2.53. The van der Waals surface area contributed by atoms with E-state index in [1.165, 1.54) is 0 Å². The van der Waals surface area contributed by atoms with Crippen LogP contribution in [-0.4, -0.2) is 30.5 Å². The summed E-state index contributed by atoms with van der Waals surface area (Å²) in [5.74, 6) is 0. The average molecular weight is 304 g/mol. The van der Waals surface area contributed by atoms with Crippen LogP contribution in [0.1, 0.15) is 31.4 Å². The SMILES string of the molecule is CC(NC1(CO)CCOCC1)c1ccc(Cl)c(Cl)c1. The van der Waals surface area contributed by atoms with E-state index >= 15 is 0 Å². The third kappa shape index (κ3) is 3.61. The van der Waals surface area contributed by atoms with Crippen LogP contribution in [0.4, 0.5) is 0 Å². The molecule has 3 nitrogen and oxygen atoms in total. The summed E-state index contributed by atoms with van der Waals surface area (Å²) < 4.78 is 5.36. The Balaban J connectivity index is 2.10. The first-order chi connectivity index (χ1) is 9.06. The Labute approximate surface area is 123 Å². The maximum absolute atomic E-state index is 9.67. The first-order valence-corrected chi connectivity index (χ1v) is 7.23. The Bertz CT molecular complexity index is 433. The lowest BCUT2D eigenvalue weighted by atomic mass is 9.89. The monoisotopic (exact) mass is 303 g/mol. The van der Waals surface area contributed by atoms with Gasteiger partial charge in [-0.25, -0.2) is 0 Å². The summed E-state index contributed by atoms with van der Waals surface area (Å²) >= 11 is 12.0. The Hall–Kier alpha value is -0.320. The number of aliphatic hydroxyl groups excluding tert-OH is 1. The van der Waals surface area contributed by atoms with Gasteiger partial charge in [-0.05, 0) is 37.5 Å². The molecule has 1 unspecified atom stereocenters. The normalized spacial score (nSPS) is 20.2.